The molecule has 1 saturated heterocycles. The van der Waals surface area contributed by atoms with Crippen molar-refractivity contribution in [2.45, 2.75) is 25.8 Å². The van der Waals surface area contributed by atoms with Crippen LogP contribution >= 0.6 is 11.6 Å². The van der Waals surface area contributed by atoms with Gasteiger partial charge in [0, 0.05) is 31.8 Å². The molecule has 0 saturated carbocycles. The van der Waals surface area contributed by atoms with Gasteiger partial charge in [0.1, 0.15) is 0 Å². The lowest BCUT2D eigenvalue weighted by Gasteiger charge is -2.27. The number of hydrogen-bond acceptors (Lipinski definition) is 4. The molecule has 0 unspecified atom stereocenters. The van der Waals surface area contributed by atoms with Crippen molar-refractivity contribution < 1.29 is 4.92 Å². The van der Waals surface area contributed by atoms with Crippen LogP contribution in [-0.2, 0) is 6.54 Å². The Kier molecular flexibility index (Phi) is 4.52. The highest BCUT2D eigenvalue weighted by Gasteiger charge is 2.12. The standard InChI is InChI=1S/C12H16ClN3O2/c13-12-8-11(16(17)18)5-4-10(12)9-14-15-6-2-1-3-7-15/h4-5,8,14H,1-3,6-7,9H2. The molecule has 1 fully saturated rings. The van der Waals surface area contributed by atoms with Gasteiger partial charge in [0.05, 0.1) is 9.95 Å². The third-order valence-corrected chi connectivity index (χ3v) is 3.45. The van der Waals surface area contributed by atoms with Gasteiger partial charge in [-0.15, -0.1) is 0 Å². The average molecular weight is 270 g/mol. The van der Waals surface area contributed by atoms with Crippen molar-refractivity contribution in [2.75, 3.05) is 13.1 Å². The number of nitrogens with zero attached hydrogens (tertiary/aromatic N) is 2. The van der Waals surface area contributed by atoms with Gasteiger partial charge in [-0.3, -0.25) is 15.5 Å². The van der Waals surface area contributed by atoms with Crippen LogP contribution in [0.2, 0.25) is 5.02 Å². The van der Waals surface area contributed by atoms with E-state index in [1.54, 1.807) is 6.07 Å². The number of rotatable bonds is 4. The van der Waals surface area contributed by atoms with Crippen LogP contribution in [0.25, 0.3) is 0 Å². The largest absolute Gasteiger partial charge is 0.270 e. The fourth-order valence-corrected chi connectivity index (χ4v) is 2.28. The van der Waals surface area contributed by atoms with Gasteiger partial charge in [0.25, 0.3) is 5.69 Å². The molecule has 1 heterocycles. The number of halogens is 1. The van der Waals surface area contributed by atoms with Crippen molar-refractivity contribution in [1.29, 1.82) is 0 Å². The highest BCUT2D eigenvalue weighted by Crippen LogP contribution is 2.22. The maximum absolute atomic E-state index is 10.6. The second-order valence-corrected chi connectivity index (χ2v) is 4.82. The number of nitro groups is 1. The molecule has 0 amide bonds. The van der Waals surface area contributed by atoms with Gasteiger partial charge in [-0.25, -0.2) is 5.01 Å². The van der Waals surface area contributed by atoms with Gasteiger partial charge in [-0.05, 0) is 24.5 Å². The topological polar surface area (TPSA) is 58.4 Å². The van der Waals surface area contributed by atoms with Gasteiger partial charge in [0.2, 0.25) is 0 Å². The first-order valence-electron chi connectivity index (χ1n) is 6.08. The number of piperidine rings is 1. The van der Waals surface area contributed by atoms with Crippen LogP contribution in [0, 0.1) is 10.1 Å². The monoisotopic (exact) mass is 269 g/mol. The molecule has 0 atom stereocenters. The molecule has 0 aliphatic carbocycles. The molecular formula is C12H16ClN3O2. The summed E-state index contributed by atoms with van der Waals surface area (Å²) in [7, 11) is 0. The Morgan fingerprint density at radius 2 is 2.06 bits per heavy atom. The van der Waals surface area contributed by atoms with E-state index in [4.69, 9.17) is 11.6 Å². The lowest BCUT2D eigenvalue weighted by atomic mass is 10.1. The van der Waals surface area contributed by atoms with Gasteiger partial charge in [-0.2, -0.15) is 0 Å². The summed E-state index contributed by atoms with van der Waals surface area (Å²) in [4.78, 5) is 10.2. The Morgan fingerprint density at radius 3 is 2.67 bits per heavy atom. The number of nitro benzene ring substituents is 1. The number of nitrogens with one attached hydrogen (secondary N) is 1. The van der Waals surface area contributed by atoms with Crippen molar-refractivity contribution >= 4 is 17.3 Å². The summed E-state index contributed by atoms with van der Waals surface area (Å²) in [6.07, 6.45) is 3.71. The van der Waals surface area contributed by atoms with Crippen LogP contribution < -0.4 is 5.43 Å². The first-order chi connectivity index (χ1) is 8.66. The molecule has 1 aromatic rings. The van der Waals surface area contributed by atoms with Gasteiger partial charge < -0.3 is 0 Å². The van der Waals surface area contributed by atoms with E-state index >= 15 is 0 Å². The zero-order valence-corrected chi connectivity index (χ0v) is 10.8. The Labute approximate surface area is 111 Å². The maximum Gasteiger partial charge on any atom is 0.270 e. The average Bonchev–Trinajstić information content (AvgIpc) is 2.38. The van der Waals surface area contributed by atoms with E-state index in [9.17, 15) is 10.1 Å². The minimum atomic E-state index is -0.437. The van der Waals surface area contributed by atoms with Crippen LogP contribution in [0.3, 0.4) is 0 Å². The quantitative estimate of drug-likeness (QED) is 0.674. The number of hydrazine groups is 1. The number of benzene rings is 1. The first kappa shape index (κ1) is 13.3. The zero-order chi connectivity index (χ0) is 13.0. The van der Waals surface area contributed by atoms with E-state index in [1.807, 2.05) is 0 Å². The van der Waals surface area contributed by atoms with Crippen molar-refractivity contribution in [1.82, 2.24) is 10.4 Å². The summed E-state index contributed by atoms with van der Waals surface area (Å²) in [5.41, 5.74) is 4.22. The Morgan fingerprint density at radius 1 is 1.33 bits per heavy atom. The number of non-ortho nitro benzene ring substituents is 1. The maximum atomic E-state index is 10.6. The summed E-state index contributed by atoms with van der Waals surface area (Å²) >= 11 is 6.03. The molecular weight excluding hydrogens is 254 g/mol. The summed E-state index contributed by atoms with van der Waals surface area (Å²) in [6, 6.07) is 4.59. The summed E-state index contributed by atoms with van der Waals surface area (Å²) in [5.74, 6) is 0. The molecule has 18 heavy (non-hydrogen) atoms. The lowest BCUT2D eigenvalue weighted by Crippen LogP contribution is -2.41. The van der Waals surface area contributed by atoms with E-state index in [0.29, 0.717) is 11.6 Å². The van der Waals surface area contributed by atoms with E-state index in [2.05, 4.69) is 10.4 Å². The lowest BCUT2D eigenvalue weighted by molar-refractivity contribution is -0.384. The van der Waals surface area contributed by atoms with Gasteiger partial charge in [0.15, 0.2) is 0 Å². The highest BCUT2D eigenvalue weighted by atomic mass is 35.5. The molecule has 1 N–H and O–H groups in total. The molecule has 5 nitrogen and oxygen atoms in total. The molecule has 0 spiro atoms. The minimum Gasteiger partial charge on any atom is -0.258 e. The van der Waals surface area contributed by atoms with Crippen LogP contribution in [0.15, 0.2) is 18.2 Å². The van der Waals surface area contributed by atoms with Crippen molar-refractivity contribution in [3.63, 3.8) is 0 Å². The summed E-state index contributed by atoms with van der Waals surface area (Å²) in [6.45, 7) is 2.70. The highest BCUT2D eigenvalue weighted by molar-refractivity contribution is 6.31. The SMILES string of the molecule is O=[N+]([O-])c1ccc(CNN2CCCCC2)c(Cl)c1. The predicted octanol–water partition coefficient (Wildman–Crippen LogP) is 2.74. The smallest absolute Gasteiger partial charge is 0.258 e. The summed E-state index contributed by atoms with van der Waals surface area (Å²) < 4.78 is 0. The fourth-order valence-electron chi connectivity index (χ4n) is 2.04. The molecule has 0 aromatic heterocycles. The fraction of sp³-hybridized carbons (Fsp3) is 0.500. The second kappa shape index (κ2) is 6.13. The molecule has 1 aromatic carbocycles. The van der Waals surface area contributed by atoms with Gasteiger partial charge >= 0.3 is 0 Å². The normalized spacial score (nSPS) is 16.7. The van der Waals surface area contributed by atoms with Crippen LogP contribution in [0.1, 0.15) is 24.8 Å². The molecule has 1 aliphatic heterocycles. The van der Waals surface area contributed by atoms with Crippen LogP contribution in [-0.4, -0.2) is 23.0 Å². The van der Waals surface area contributed by atoms with Crippen molar-refractivity contribution in [3.8, 4) is 0 Å². The molecule has 1 aliphatic rings. The Bertz CT molecular complexity index is 433. The number of hydrogen-bond donors (Lipinski definition) is 1. The zero-order valence-electron chi connectivity index (χ0n) is 10.1. The predicted molar refractivity (Wildman–Crippen MR) is 70.4 cm³/mol. The Balaban J connectivity index is 1.94. The van der Waals surface area contributed by atoms with E-state index in [0.717, 1.165) is 18.7 Å². The first-order valence-corrected chi connectivity index (χ1v) is 6.46. The molecule has 2 rings (SSSR count). The van der Waals surface area contributed by atoms with Crippen molar-refractivity contribution in [2.24, 2.45) is 0 Å². The van der Waals surface area contributed by atoms with E-state index in [-0.39, 0.29) is 5.69 Å². The summed E-state index contributed by atoms with van der Waals surface area (Å²) in [5, 5.41) is 13.2. The van der Waals surface area contributed by atoms with Crippen LogP contribution in [0.5, 0.6) is 0 Å². The molecule has 0 bridgehead atoms. The molecule has 6 heteroatoms. The van der Waals surface area contributed by atoms with E-state index in [1.165, 1.54) is 31.4 Å². The van der Waals surface area contributed by atoms with Gasteiger partial charge in [-0.1, -0.05) is 18.0 Å². The van der Waals surface area contributed by atoms with E-state index < -0.39 is 4.92 Å². The minimum absolute atomic E-state index is 0.0294. The molecule has 98 valence electrons. The van der Waals surface area contributed by atoms with Crippen molar-refractivity contribution in [3.05, 3.63) is 38.9 Å². The third kappa shape index (κ3) is 3.41. The third-order valence-electron chi connectivity index (χ3n) is 3.10. The second-order valence-electron chi connectivity index (χ2n) is 4.42. The van der Waals surface area contributed by atoms with Crippen LogP contribution in [0.4, 0.5) is 5.69 Å². The Hall–Kier alpha value is -1.17. The molecule has 0 radical (unpaired) electrons.